The van der Waals surface area contributed by atoms with Crippen molar-refractivity contribution in [1.82, 2.24) is 30.2 Å². The second kappa shape index (κ2) is 12.0. The number of nitrogens with two attached hydrogens (primary N) is 2. The first-order valence-electron chi connectivity index (χ1n) is 13.3. The molecule has 1 aliphatic heterocycles. The fraction of sp³-hybridized carbons (Fsp3) is 0.321. The number of anilines is 1. The number of hydrogen-bond donors (Lipinski definition) is 4. The average molecular weight is 597 g/mol. The number of rotatable bonds is 10. The van der Waals surface area contributed by atoms with Crippen LogP contribution in [0.1, 0.15) is 25.6 Å². The van der Waals surface area contributed by atoms with Crippen LogP contribution in [0.25, 0.3) is 28.2 Å². The summed E-state index contributed by atoms with van der Waals surface area (Å²) in [7, 11) is 0. The second-order valence-electron chi connectivity index (χ2n) is 9.90. The smallest absolute Gasteiger partial charge is 0.237 e. The highest BCUT2D eigenvalue weighted by atomic mass is 35.5. The third kappa shape index (κ3) is 5.84. The first-order chi connectivity index (χ1) is 19.7. The van der Waals surface area contributed by atoms with Crippen molar-refractivity contribution in [2.75, 3.05) is 31.1 Å². The summed E-state index contributed by atoms with van der Waals surface area (Å²) in [5, 5.41) is 7.41. The van der Waals surface area contributed by atoms with E-state index < -0.39 is 11.4 Å². The summed E-state index contributed by atoms with van der Waals surface area (Å²) >= 11 is 12.9. The van der Waals surface area contributed by atoms with E-state index in [0.717, 1.165) is 11.3 Å². The van der Waals surface area contributed by atoms with E-state index in [1.807, 2.05) is 47.9 Å². The van der Waals surface area contributed by atoms with Crippen molar-refractivity contribution in [3.8, 4) is 17.1 Å². The van der Waals surface area contributed by atoms with Crippen LogP contribution in [0.4, 0.5) is 5.82 Å². The first-order valence-corrected chi connectivity index (χ1v) is 14.1. The third-order valence-corrected chi connectivity index (χ3v) is 7.80. The number of hydrogen-bond acceptors (Lipinski definition) is 8. The van der Waals surface area contributed by atoms with Gasteiger partial charge in [-0.15, -0.1) is 0 Å². The summed E-state index contributed by atoms with van der Waals surface area (Å²) < 4.78 is 1.92. The Bertz CT molecular complexity index is 1580. The van der Waals surface area contributed by atoms with Gasteiger partial charge in [0.1, 0.15) is 17.2 Å². The molecular formula is C28H31Cl2N9O2. The fourth-order valence-corrected chi connectivity index (χ4v) is 5.54. The van der Waals surface area contributed by atoms with Crippen molar-refractivity contribution >= 4 is 52.0 Å². The lowest BCUT2D eigenvalue weighted by Gasteiger charge is -2.40. The van der Waals surface area contributed by atoms with Crippen LogP contribution in [0.15, 0.2) is 48.5 Å². The van der Waals surface area contributed by atoms with Gasteiger partial charge < -0.3 is 27.0 Å². The number of nitrogens with one attached hydrogen (secondary N) is 2. The minimum Gasteiger partial charge on any atom is -0.369 e. The maximum Gasteiger partial charge on any atom is 0.237 e. The van der Waals surface area contributed by atoms with Gasteiger partial charge in [-0.2, -0.15) is 0 Å². The highest BCUT2D eigenvalue weighted by molar-refractivity contribution is 6.33. The van der Waals surface area contributed by atoms with Gasteiger partial charge >= 0.3 is 0 Å². The average Bonchev–Trinajstić information content (AvgIpc) is 3.33. The standard InChI is InChI=1S/C28H31Cl2N9O2/c1-2-34-28(27(32)41)11-13-38(14-12-28)25-23-26(36-22(35-25)16-33-15-21(31)40)39(18-9-7-17(29)8-10-18)24(37-23)19-5-3-4-6-20(19)30/h3-10,33-34H,2,11-16H2,1H3,(H2,31,40)(H2,32,41). The molecule has 4 aromatic rings. The van der Waals surface area contributed by atoms with Gasteiger partial charge in [-0.25, -0.2) is 15.0 Å². The number of carbonyl (C=O) groups is 2. The molecule has 1 fully saturated rings. The Balaban J connectivity index is 1.69. The normalized spacial score (nSPS) is 14.9. The molecule has 0 spiro atoms. The van der Waals surface area contributed by atoms with Gasteiger partial charge in [0.05, 0.1) is 18.1 Å². The van der Waals surface area contributed by atoms with E-state index >= 15 is 0 Å². The number of nitrogens with zero attached hydrogens (tertiary/aromatic N) is 5. The Morgan fingerprint density at radius 1 is 1.00 bits per heavy atom. The lowest BCUT2D eigenvalue weighted by molar-refractivity contribution is -0.125. The molecule has 2 aromatic carbocycles. The van der Waals surface area contributed by atoms with Crippen molar-refractivity contribution in [2.24, 2.45) is 11.5 Å². The molecule has 13 heteroatoms. The Hall–Kier alpha value is -3.77. The van der Waals surface area contributed by atoms with Crippen LogP contribution >= 0.6 is 23.2 Å². The Morgan fingerprint density at radius 2 is 1.71 bits per heavy atom. The highest BCUT2D eigenvalue weighted by Crippen LogP contribution is 2.36. The predicted octanol–water partition coefficient (Wildman–Crippen LogP) is 2.80. The molecule has 11 nitrogen and oxygen atoms in total. The van der Waals surface area contributed by atoms with Crippen LogP contribution in [0.2, 0.25) is 10.0 Å². The SMILES string of the molecule is CCNC1(C(N)=O)CCN(c2nc(CNCC(N)=O)nc3c2nc(-c2ccccc2Cl)n3-c2ccc(Cl)cc2)CC1. The number of primary amides is 2. The molecule has 2 aromatic heterocycles. The summed E-state index contributed by atoms with van der Waals surface area (Å²) in [6, 6.07) is 14.8. The highest BCUT2D eigenvalue weighted by Gasteiger charge is 2.40. The van der Waals surface area contributed by atoms with Gasteiger partial charge in [0.15, 0.2) is 17.0 Å². The molecule has 2 amide bonds. The Labute approximate surface area is 247 Å². The van der Waals surface area contributed by atoms with E-state index in [4.69, 9.17) is 49.6 Å². The molecule has 214 valence electrons. The van der Waals surface area contributed by atoms with Crippen molar-refractivity contribution in [3.05, 3.63) is 64.4 Å². The van der Waals surface area contributed by atoms with Crippen LogP contribution in [-0.2, 0) is 16.1 Å². The molecular weight excluding hydrogens is 565 g/mol. The molecule has 0 bridgehead atoms. The van der Waals surface area contributed by atoms with Gasteiger partial charge in [-0.1, -0.05) is 42.3 Å². The van der Waals surface area contributed by atoms with Crippen LogP contribution < -0.4 is 27.0 Å². The van der Waals surface area contributed by atoms with Crippen LogP contribution in [0.3, 0.4) is 0 Å². The van der Waals surface area contributed by atoms with E-state index in [1.54, 1.807) is 12.1 Å². The number of fused-ring (bicyclic) bond motifs is 1. The maximum atomic E-state index is 12.4. The lowest BCUT2D eigenvalue weighted by atomic mass is 9.86. The second-order valence-corrected chi connectivity index (χ2v) is 10.7. The van der Waals surface area contributed by atoms with E-state index in [-0.39, 0.29) is 19.0 Å². The van der Waals surface area contributed by atoms with Gasteiger partial charge in [-0.3, -0.25) is 14.2 Å². The number of imidazole rings is 1. The molecule has 0 saturated carbocycles. The summed E-state index contributed by atoms with van der Waals surface area (Å²) in [5.74, 6) is 0.799. The molecule has 0 atom stereocenters. The molecule has 1 saturated heterocycles. The van der Waals surface area contributed by atoms with Gasteiger partial charge in [0, 0.05) is 29.4 Å². The van der Waals surface area contributed by atoms with E-state index in [2.05, 4.69) is 15.5 Å². The van der Waals surface area contributed by atoms with E-state index in [0.29, 0.717) is 71.2 Å². The van der Waals surface area contributed by atoms with Gasteiger partial charge in [-0.05, 0) is 55.8 Å². The molecule has 0 aliphatic carbocycles. The molecule has 41 heavy (non-hydrogen) atoms. The molecule has 3 heterocycles. The fourth-order valence-electron chi connectivity index (χ4n) is 5.19. The largest absolute Gasteiger partial charge is 0.369 e. The van der Waals surface area contributed by atoms with E-state index in [1.165, 1.54) is 0 Å². The minimum absolute atomic E-state index is 0.0222. The lowest BCUT2D eigenvalue weighted by Crippen LogP contribution is -2.61. The van der Waals surface area contributed by atoms with Gasteiger partial charge in [0.25, 0.3) is 0 Å². The third-order valence-electron chi connectivity index (χ3n) is 7.22. The summed E-state index contributed by atoms with van der Waals surface area (Å²) in [6.07, 6.45) is 1.01. The van der Waals surface area contributed by atoms with Crippen molar-refractivity contribution in [2.45, 2.75) is 31.8 Å². The maximum absolute atomic E-state index is 12.4. The Kier molecular flexibility index (Phi) is 8.41. The number of aromatic nitrogens is 4. The number of carbonyl (C=O) groups excluding carboxylic acids is 2. The number of piperidine rings is 1. The molecule has 5 rings (SSSR count). The topological polar surface area (TPSA) is 157 Å². The van der Waals surface area contributed by atoms with Crippen molar-refractivity contribution < 1.29 is 9.59 Å². The predicted molar refractivity (Wildman–Crippen MR) is 160 cm³/mol. The van der Waals surface area contributed by atoms with Crippen LogP contribution in [0, 0.1) is 0 Å². The van der Waals surface area contributed by atoms with E-state index in [9.17, 15) is 9.59 Å². The summed E-state index contributed by atoms with van der Waals surface area (Å²) in [4.78, 5) is 40.7. The van der Waals surface area contributed by atoms with Gasteiger partial charge in [0.2, 0.25) is 11.8 Å². The summed E-state index contributed by atoms with van der Waals surface area (Å²) in [6.45, 7) is 3.80. The molecule has 6 N–H and O–H groups in total. The molecule has 1 aliphatic rings. The quantitative estimate of drug-likeness (QED) is 0.218. The van der Waals surface area contributed by atoms with Crippen LogP contribution in [-0.4, -0.2) is 63.1 Å². The van der Waals surface area contributed by atoms with Crippen molar-refractivity contribution in [1.29, 1.82) is 0 Å². The zero-order valence-electron chi connectivity index (χ0n) is 22.5. The Morgan fingerprint density at radius 3 is 2.34 bits per heavy atom. The summed E-state index contributed by atoms with van der Waals surface area (Å²) in [5.41, 5.74) is 13.0. The number of benzene rings is 2. The number of halogens is 2. The first kappa shape index (κ1) is 28.7. The molecule has 0 unspecified atom stereocenters. The minimum atomic E-state index is -0.783. The molecule has 0 radical (unpaired) electrons. The van der Waals surface area contributed by atoms with Crippen LogP contribution in [0.5, 0.6) is 0 Å². The zero-order valence-corrected chi connectivity index (χ0v) is 24.0. The van der Waals surface area contributed by atoms with Crippen molar-refractivity contribution in [3.63, 3.8) is 0 Å². The zero-order chi connectivity index (χ0) is 29.1. The number of likely N-dealkylation sites (N-methyl/N-ethyl adjacent to an activating group) is 1. The number of amides is 2. The monoisotopic (exact) mass is 595 g/mol.